The second-order valence-corrected chi connectivity index (χ2v) is 0.274. The van der Waals surface area contributed by atoms with Gasteiger partial charge < -0.3 is 12.6 Å². The van der Waals surface area contributed by atoms with Gasteiger partial charge in [-0.2, -0.15) is 0 Å². The van der Waals surface area contributed by atoms with Gasteiger partial charge in [-0.3, -0.25) is 0 Å². The van der Waals surface area contributed by atoms with Crippen molar-refractivity contribution < 1.29 is 17.1 Å². The molecule has 4 heavy (non-hydrogen) atoms. The van der Waals surface area contributed by atoms with E-state index in [-0.39, 0.29) is 17.1 Å². The first-order chi connectivity index (χ1) is 1.41. The van der Waals surface area contributed by atoms with Crippen LogP contribution in [0.5, 0.6) is 0 Å². The van der Waals surface area contributed by atoms with Crippen molar-refractivity contribution in [1.82, 2.24) is 0 Å². The van der Waals surface area contributed by atoms with Crippen LogP contribution in [-0.4, -0.2) is 0 Å². The largest absolute Gasteiger partial charge is 2.00 e. The van der Waals surface area contributed by atoms with Gasteiger partial charge in [-0.05, 0) is 0 Å². The number of nitrogens with zero attached hydrogens (tertiary/aromatic N) is 1. The van der Waals surface area contributed by atoms with Crippen molar-refractivity contribution in [2.24, 2.45) is 0 Å². The summed E-state index contributed by atoms with van der Waals surface area (Å²) in [5.74, 6) is 0. The Morgan fingerprint density at radius 1 is 1.75 bits per heavy atom. The molecule has 0 fully saturated rings. The van der Waals surface area contributed by atoms with E-state index in [0.717, 1.165) is 0 Å². The van der Waals surface area contributed by atoms with E-state index >= 15 is 0 Å². The van der Waals surface area contributed by atoms with E-state index in [9.17, 15) is 0 Å². The summed E-state index contributed by atoms with van der Waals surface area (Å²) in [6.07, 6.45) is 0. The molecule has 0 spiro atoms. The Kier molecular flexibility index (Phi) is 23.6. The third-order valence-corrected chi connectivity index (χ3v) is 0. The minimum absolute atomic E-state index is 0. The standard InChI is InChI=1S/CHNS.Fe/c2-1-3;/h3H;/q;+2/p-1. The fourth-order valence-electron chi connectivity index (χ4n) is 0. The molecule has 0 saturated carbocycles. The molecule has 0 N–H and O–H groups in total. The van der Waals surface area contributed by atoms with Crippen LogP contribution < -0.4 is 0 Å². The third-order valence-electron chi connectivity index (χ3n) is 0. The minimum Gasteiger partial charge on any atom is -0.696 e. The predicted molar refractivity (Wildman–Crippen MR) is 13.0 cm³/mol. The summed E-state index contributed by atoms with van der Waals surface area (Å²) >= 11 is 3.70. The maximum Gasteiger partial charge on any atom is 2.00 e. The molecule has 0 radical (unpaired) electrons. The molecule has 22 valence electrons. The van der Waals surface area contributed by atoms with Crippen molar-refractivity contribution >= 4 is 12.6 Å². The second kappa shape index (κ2) is 10.6. The topological polar surface area (TPSA) is 23.8 Å². The van der Waals surface area contributed by atoms with E-state index in [2.05, 4.69) is 12.6 Å². The van der Waals surface area contributed by atoms with E-state index in [1.165, 1.54) is 5.40 Å². The average Bonchev–Trinajstić information content (AvgIpc) is 0.918. The van der Waals surface area contributed by atoms with Gasteiger partial charge in [-0.25, -0.2) is 5.26 Å². The zero-order valence-corrected chi connectivity index (χ0v) is 3.63. The van der Waals surface area contributed by atoms with Crippen molar-refractivity contribution in [3.8, 4) is 5.40 Å². The van der Waals surface area contributed by atoms with Gasteiger partial charge in [0.15, 0.2) is 0 Å². The summed E-state index contributed by atoms with van der Waals surface area (Å²) in [5.41, 5.74) is 0. The Hall–Kier alpha value is 0.229. The van der Waals surface area contributed by atoms with Crippen molar-refractivity contribution in [2.45, 2.75) is 0 Å². The van der Waals surface area contributed by atoms with E-state index in [4.69, 9.17) is 5.26 Å². The number of nitriles is 1. The molecule has 0 atom stereocenters. The van der Waals surface area contributed by atoms with Crippen LogP contribution >= 0.6 is 0 Å². The number of rotatable bonds is 0. The fourth-order valence-corrected chi connectivity index (χ4v) is 0. The quantitative estimate of drug-likeness (QED) is 0.251. The van der Waals surface area contributed by atoms with Crippen LogP contribution in [0.15, 0.2) is 0 Å². The summed E-state index contributed by atoms with van der Waals surface area (Å²) in [5, 5.41) is 8.47. The van der Waals surface area contributed by atoms with Gasteiger partial charge in [0, 0.05) is 0 Å². The Balaban J connectivity index is 0. The minimum atomic E-state index is 0. The Morgan fingerprint density at radius 3 is 1.75 bits per heavy atom. The Labute approximate surface area is 40.9 Å². The molecule has 0 heterocycles. The number of thiocyanates is 1. The monoisotopic (exact) mass is 114 g/mol. The molecule has 0 aliphatic rings. The molecule has 0 aliphatic heterocycles. The fraction of sp³-hybridized carbons (Fsp3) is 0. The zero-order chi connectivity index (χ0) is 2.71. The first-order valence-corrected chi connectivity index (χ1v) is 0.836. The van der Waals surface area contributed by atoms with Gasteiger partial charge in [0.1, 0.15) is 0 Å². The van der Waals surface area contributed by atoms with Crippen LogP contribution in [-0.2, 0) is 29.7 Å². The normalized spacial score (nSPS) is 1.75. The molecule has 0 rings (SSSR count). The van der Waals surface area contributed by atoms with Crippen LogP contribution in [0, 0.1) is 10.7 Å². The van der Waals surface area contributed by atoms with Crippen LogP contribution in [0.2, 0.25) is 0 Å². The summed E-state index contributed by atoms with van der Waals surface area (Å²) in [4.78, 5) is 0. The first kappa shape index (κ1) is 8.87. The van der Waals surface area contributed by atoms with Gasteiger partial charge in [-0.1, -0.05) is 5.40 Å². The van der Waals surface area contributed by atoms with Gasteiger partial charge in [0.2, 0.25) is 0 Å². The molecule has 1 nitrogen and oxygen atoms in total. The third kappa shape index (κ3) is 64.0. The van der Waals surface area contributed by atoms with Crippen LogP contribution in [0.1, 0.15) is 0 Å². The van der Waals surface area contributed by atoms with Crippen LogP contribution in [0.3, 0.4) is 0 Å². The molecule has 0 amide bonds. The molecule has 0 aromatic heterocycles. The Morgan fingerprint density at radius 2 is 1.75 bits per heavy atom. The van der Waals surface area contributed by atoms with Gasteiger partial charge in [0.05, 0.1) is 0 Å². The Bertz CT molecular complexity index is 29.5. The molecular formula is CFeNS+. The van der Waals surface area contributed by atoms with E-state index < -0.39 is 0 Å². The van der Waals surface area contributed by atoms with E-state index in [0.29, 0.717) is 0 Å². The molecule has 0 aromatic carbocycles. The molecule has 0 aliphatic carbocycles. The SMILES string of the molecule is N#C[S-].[Fe+2]. The van der Waals surface area contributed by atoms with Gasteiger partial charge in [0.25, 0.3) is 0 Å². The summed E-state index contributed by atoms with van der Waals surface area (Å²) < 4.78 is 0. The van der Waals surface area contributed by atoms with E-state index in [1.54, 1.807) is 0 Å². The predicted octanol–water partition coefficient (Wildman–Crippen LogP) is 0.0119. The van der Waals surface area contributed by atoms with Crippen molar-refractivity contribution in [2.75, 3.05) is 0 Å². The zero-order valence-electron chi connectivity index (χ0n) is 1.71. The average molecular weight is 114 g/mol. The van der Waals surface area contributed by atoms with Crippen LogP contribution in [0.4, 0.5) is 0 Å². The molecule has 3 heteroatoms. The summed E-state index contributed by atoms with van der Waals surface area (Å²) in [7, 11) is 0. The first-order valence-electron chi connectivity index (χ1n) is 0.428. The second-order valence-electron chi connectivity index (χ2n) is 0.0913. The summed E-state index contributed by atoms with van der Waals surface area (Å²) in [6.45, 7) is 0. The van der Waals surface area contributed by atoms with Crippen molar-refractivity contribution in [3.05, 3.63) is 0 Å². The molecule has 0 unspecified atom stereocenters. The molecule has 0 aromatic rings. The van der Waals surface area contributed by atoms with Gasteiger partial charge in [-0.15, -0.1) is 0 Å². The van der Waals surface area contributed by atoms with Crippen LogP contribution in [0.25, 0.3) is 0 Å². The van der Waals surface area contributed by atoms with Crippen molar-refractivity contribution in [3.63, 3.8) is 0 Å². The molecule has 0 bridgehead atoms. The molecular weight excluding hydrogens is 114 g/mol. The van der Waals surface area contributed by atoms with Gasteiger partial charge >= 0.3 is 17.1 Å². The smallest absolute Gasteiger partial charge is 0.696 e. The summed E-state index contributed by atoms with van der Waals surface area (Å²) in [6, 6.07) is 0. The molecule has 0 saturated heterocycles. The maximum atomic E-state index is 7.13. The van der Waals surface area contributed by atoms with E-state index in [1.807, 2.05) is 0 Å². The maximum absolute atomic E-state index is 7.13. The van der Waals surface area contributed by atoms with Crippen molar-refractivity contribution in [1.29, 1.82) is 5.26 Å². The number of hydrogen-bond acceptors (Lipinski definition) is 2. The number of hydrogen-bond donors (Lipinski definition) is 0.